The SMILES string of the molecule is CC(C)(C)OC(=O)NC(CNCc1ccc(I)o1)C1CC1. The van der Waals surface area contributed by atoms with Crippen molar-refractivity contribution >= 4 is 28.7 Å². The Hall–Kier alpha value is -0.760. The zero-order chi connectivity index (χ0) is 15.5. The van der Waals surface area contributed by atoms with E-state index in [1.54, 1.807) is 0 Å². The number of hydrogen-bond acceptors (Lipinski definition) is 4. The largest absolute Gasteiger partial charge is 0.454 e. The van der Waals surface area contributed by atoms with Gasteiger partial charge in [0.25, 0.3) is 0 Å². The lowest BCUT2D eigenvalue weighted by molar-refractivity contribution is 0.0497. The van der Waals surface area contributed by atoms with Gasteiger partial charge in [-0.25, -0.2) is 4.79 Å². The summed E-state index contributed by atoms with van der Waals surface area (Å²) in [6.07, 6.45) is 2.00. The third-order valence-electron chi connectivity index (χ3n) is 3.19. The predicted molar refractivity (Wildman–Crippen MR) is 89.0 cm³/mol. The van der Waals surface area contributed by atoms with Crippen LogP contribution in [0, 0.1) is 9.68 Å². The summed E-state index contributed by atoms with van der Waals surface area (Å²) in [5.41, 5.74) is -0.462. The van der Waals surface area contributed by atoms with Crippen LogP contribution in [0.25, 0.3) is 0 Å². The number of carbonyl (C=O) groups is 1. The molecular weight excluding hydrogens is 383 g/mol. The first-order chi connectivity index (χ1) is 9.83. The first-order valence-electron chi connectivity index (χ1n) is 7.28. The molecule has 1 atom stereocenters. The standard InChI is InChI=1S/C15H23IN2O3/c1-15(2,3)21-14(19)18-12(10-4-5-10)9-17-8-11-6-7-13(16)20-11/h6-7,10,12,17H,4-5,8-9H2,1-3H3,(H,18,19). The lowest BCUT2D eigenvalue weighted by Gasteiger charge is -2.23. The molecule has 21 heavy (non-hydrogen) atoms. The van der Waals surface area contributed by atoms with E-state index in [0.717, 1.165) is 16.1 Å². The summed E-state index contributed by atoms with van der Waals surface area (Å²) in [6.45, 7) is 7.00. The van der Waals surface area contributed by atoms with Gasteiger partial charge in [0, 0.05) is 12.6 Å². The normalized spacial score (nSPS) is 16.6. The van der Waals surface area contributed by atoms with Gasteiger partial charge in [0.2, 0.25) is 0 Å². The molecule has 1 saturated carbocycles. The molecule has 0 saturated heterocycles. The maximum atomic E-state index is 11.9. The molecule has 1 aromatic heterocycles. The van der Waals surface area contributed by atoms with E-state index in [9.17, 15) is 4.79 Å². The van der Waals surface area contributed by atoms with Crippen molar-refractivity contribution in [2.45, 2.75) is 51.8 Å². The van der Waals surface area contributed by atoms with Crippen LogP contribution in [-0.2, 0) is 11.3 Å². The first-order valence-corrected chi connectivity index (χ1v) is 8.36. The van der Waals surface area contributed by atoms with Gasteiger partial charge in [-0.3, -0.25) is 0 Å². The molecule has 5 nitrogen and oxygen atoms in total. The summed E-state index contributed by atoms with van der Waals surface area (Å²) in [5.74, 6) is 1.47. The maximum absolute atomic E-state index is 11.9. The highest BCUT2D eigenvalue weighted by molar-refractivity contribution is 14.1. The molecule has 118 valence electrons. The van der Waals surface area contributed by atoms with Crippen LogP contribution >= 0.6 is 22.6 Å². The van der Waals surface area contributed by atoms with Gasteiger partial charge in [0.05, 0.1) is 6.54 Å². The molecule has 1 aliphatic carbocycles. The van der Waals surface area contributed by atoms with Crippen molar-refractivity contribution in [3.8, 4) is 0 Å². The van der Waals surface area contributed by atoms with E-state index in [4.69, 9.17) is 9.15 Å². The number of nitrogens with one attached hydrogen (secondary N) is 2. The highest BCUT2D eigenvalue weighted by atomic mass is 127. The van der Waals surface area contributed by atoms with E-state index in [1.165, 1.54) is 12.8 Å². The molecular formula is C15H23IN2O3. The number of hydrogen-bond donors (Lipinski definition) is 2. The van der Waals surface area contributed by atoms with E-state index >= 15 is 0 Å². The molecule has 0 spiro atoms. The Morgan fingerprint density at radius 3 is 2.71 bits per heavy atom. The van der Waals surface area contributed by atoms with E-state index in [0.29, 0.717) is 12.5 Å². The van der Waals surface area contributed by atoms with E-state index in [1.807, 2.05) is 32.9 Å². The number of carbonyl (C=O) groups excluding carboxylic acids is 1. The number of alkyl carbamates (subject to hydrolysis) is 1. The van der Waals surface area contributed by atoms with Crippen molar-refractivity contribution in [2.75, 3.05) is 6.54 Å². The predicted octanol–water partition coefficient (Wildman–Crippen LogP) is 3.28. The Morgan fingerprint density at radius 1 is 1.48 bits per heavy atom. The fraction of sp³-hybridized carbons (Fsp3) is 0.667. The molecule has 0 radical (unpaired) electrons. The van der Waals surface area contributed by atoms with Crippen LogP contribution in [0.4, 0.5) is 4.79 Å². The van der Waals surface area contributed by atoms with Gasteiger partial charge < -0.3 is 19.8 Å². The average Bonchev–Trinajstić information content (AvgIpc) is 3.10. The minimum absolute atomic E-state index is 0.119. The topological polar surface area (TPSA) is 63.5 Å². The van der Waals surface area contributed by atoms with Crippen LogP contribution in [0.3, 0.4) is 0 Å². The summed E-state index contributed by atoms with van der Waals surface area (Å²) >= 11 is 2.15. The van der Waals surface area contributed by atoms with Gasteiger partial charge in [0.15, 0.2) is 3.77 Å². The third-order valence-corrected chi connectivity index (χ3v) is 3.77. The van der Waals surface area contributed by atoms with E-state index < -0.39 is 5.60 Å². The second-order valence-electron chi connectivity index (χ2n) is 6.43. The molecule has 0 bridgehead atoms. The van der Waals surface area contributed by atoms with Crippen LogP contribution in [0.5, 0.6) is 0 Å². The monoisotopic (exact) mass is 406 g/mol. The summed E-state index contributed by atoms with van der Waals surface area (Å²) in [5, 5.41) is 6.31. The van der Waals surface area contributed by atoms with Gasteiger partial charge in [-0.15, -0.1) is 0 Å². The molecule has 1 aliphatic rings. The molecule has 2 rings (SSSR count). The van der Waals surface area contributed by atoms with Crippen molar-refractivity contribution in [2.24, 2.45) is 5.92 Å². The zero-order valence-electron chi connectivity index (χ0n) is 12.7. The Morgan fingerprint density at radius 2 is 2.19 bits per heavy atom. The molecule has 0 aromatic carbocycles. The van der Waals surface area contributed by atoms with E-state index in [2.05, 4.69) is 33.2 Å². The molecule has 1 unspecified atom stereocenters. The Bertz CT molecular complexity index is 478. The van der Waals surface area contributed by atoms with Crippen molar-refractivity contribution in [3.63, 3.8) is 0 Å². The number of ether oxygens (including phenoxy) is 1. The van der Waals surface area contributed by atoms with Crippen molar-refractivity contribution in [3.05, 3.63) is 21.7 Å². The molecule has 2 N–H and O–H groups in total. The van der Waals surface area contributed by atoms with Crippen molar-refractivity contribution in [1.82, 2.24) is 10.6 Å². The van der Waals surface area contributed by atoms with Crippen LogP contribution in [0.1, 0.15) is 39.4 Å². The molecule has 1 heterocycles. The summed E-state index contributed by atoms with van der Waals surface area (Å²) in [7, 11) is 0. The number of amides is 1. The fourth-order valence-electron chi connectivity index (χ4n) is 2.09. The summed E-state index contributed by atoms with van der Waals surface area (Å²) in [4.78, 5) is 11.9. The van der Waals surface area contributed by atoms with Gasteiger partial charge in [-0.05, 0) is 74.3 Å². The second-order valence-corrected chi connectivity index (χ2v) is 7.49. The second kappa shape index (κ2) is 7.00. The van der Waals surface area contributed by atoms with Crippen LogP contribution in [0.2, 0.25) is 0 Å². The zero-order valence-corrected chi connectivity index (χ0v) is 14.9. The van der Waals surface area contributed by atoms with Crippen LogP contribution < -0.4 is 10.6 Å². The van der Waals surface area contributed by atoms with Crippen molar-refractivity contribution in [1.29, 1.82) is 0 Å². The van der Waals surface area contributed by atoms with Gasteiger partial charge >= 0.3 is 6.09 Å². The molecule has 1 fully saturated rings. The number of furan rings is 1. The summed E-state index contributed by atoms with van der Waals surface area (Å²) in [6, 6.07) is 4.02. The lowest BCUT2D eigenvalue weighted by Crippen LogP contribution is -2.45. The quantitative estimate of drug-likeness (QED) is 0.712. The molecule has 1 aromatic rings. The number of halogens is 1. The van der Waals surface area contributed by atoms with Gasteiger partial charge in [0.1, 0.15) is 11.4 Å². The van der Waals surface area contributed by atoms with Crippen LogP contribution in [-0.4, -0.2) is 24.3 Å². The fourth-order valence-corrected chi connectivity index (χ4v) is 2.55. The molecule has 1 amide bonds. The maximum Gasteiger partial charge on any atom is 0.407 e. The Kier molecular flexibility index (Phi) is 5.54. The summed E-state index contributed by atoms with van der Waals surface area (Å²) < 4.78 is 11.7. The van der Waals surface area contributed by atoms with Gasteiger partial charge in [-0.2, -0.15) is 0 Å². The lowest BCUT2D eigenvalue weighted by atomic mass is 10.2. The van der Waals surface area contributed by atoms with Gasteiger partial charge in [-0.1, -0.05) is 0 Å². The Labute approximate surface area is 139 Å². The minimum Gasteiger partial charge on any atom is -0.454 e. The van der Waals surface area contributed by atoms with Crippen molar-refractivity contribution < 1.29 is 13.9 Å². The average molecular weight is 406 g/mol. The molecule has 0 aliphatic heterocycles. The number of rotatable bonds is 6. The molecule has 6 heteroatoms. The third kappa shape index (κ3) is 6.25. The van der Waals surface area contributed by atoms with Crippen LogP contribution in [0.15, 0.2) is 16.5 Å². The highest BCUT2D eigenvalue weighted by Crippen LogP contribution is 2.32. The van der Waals surface area contributed by atoms with E-state index in [-0.39, 0.29) is 12.1 Å². The smallest absolute Gasteiger partial charge is 0.407 e. The minimum atomic E-state index is -0.462. The Balaban J connectivity index is 1.76. The highest BCUT2D eigenvalue weighted by Gasteiger charge is 2.33. The first kappa shape index (κ1) is 16.6.